The summed E-state index contributed by atoms with van der Waals surface area (Å²) in [5.74, 6) is 0.596. The van der Waals surface area contributed by atoms with Gasteiger partial charge in [-0.3, -0.25) is 4.79 Å². The number of carbonyl (C=O) groups is 1. The minimum atomic E-state index is -0.149. The summed E-state index contributed by atoms with van der Waals surface area (Å²) in [5, 5.41) is 12.3. The van der Waals surface area contributed by atoms with Gasteiger partial charge in [-0.05, 0) is 44.4 Å². The Hall–Kier alpha value is -0.610. The van der Waals surface area contributed by atoms with Crippen LogP contribution in [0.15, 0.2) is 0 Å². The topological polar surface area (TPSA) is 58.6 Å². The normalized spacial score (nSPS) is 32.9. The Labute approximate surface area is 103 Å². The molecule has 4 nitrogen and oxygen atoms in total. The molecule has 17 heavy (non-hydrogen) atoms. The van der Waals surface area contributed by atoms with Crippen molar-refractivity contribution in [1.29, 1.82) is 0 Å². The highest BCUT2D eigenvalue weighted by Crippen LogP contribution is 2.24. The lowest BCUT2D eigenvalue weighted by molar-refractivity contribution is -0.121. The van der Waals surface area contributed by atoms with Crippen molar-refractivity contribution in [3.8, 4) is 0 Å². The van der Waals surface area contributed by atoms with Crippen LogP contribution in [0.3, 0.4) is 0 Å². The van der Waals surface area contributed by atoms with E-state index in [1.54, 1.807) is 0 Å². The van der Waals surface area contributed by atoms with E-state index in [0.717, 1.165) is 51.7 Å². The fourth-order valence-corrected chi connectivity index (χ4v) is 2.74. The third-order valence-electron chi connectivity index (χ3n) is 3.82. The van der Waals surface area contributed by atoms with Gasteiger partial charge in [-0.15, -0.1) is 0 Å². The van der Waals surface area contributed by atoms with E-state index in [0.29, 0.717) is 18.4 Å². The molecule has 1 heterocycles. The van der Waals surface area contributed by atoms with Gasteiger partial charge in [0.2, 0.25) is 5.91 Å². The van der Waals surface area contributed by atoms with E-state index in [4.69, 9.17) is 4.74 Å². The van der Waals surface area contributed by atoms with Crippen molar-refractivity contribution in [2.45, 2.75) is 57.2 Å². The van der Waals surface area contributed by atoms with E-state index in [2.05, 4.69) is 5.32 Å². The van der Waals surface area contributed by atoms with Crippen molar-refractivity contribution >= 4 is 5.91 Å². The van der Waals surface area contributed by atoms with Crippen molar-refractivity contribution in [2.75, 3.05) is 13.2 Å². The molecular weight excluding hydrogens is 218 g/mol. The van der Waals surface area contributed by atoms with Crippen LogP contribution < -0.4 is 5.32 Å². The Morgan fingerprint density at radius 1 is 1.35 bits per heavy atom. The van der Waals surface area contributed by atoms with Gasteiger partial charge in [0.1, 0.15) is 0 Å². The third-order valence-corrected chi connectivity index (χ3v) is 3.82. The molecule has 0 aromatic rings. The second-order valence-corrected chi connectivity index (χ2v) is 5.31. The van der Waals surface area contributed by atoms with Crippen LogP contribution in [0.2, 0.25) is 0 Å². The first-order chi connectivity index (χ1) is 8.24. The van der Waals surface area contributed by atoms with Crippen LogP contribution in [-0.4, -0.2) is 36.4 Å². The number of hydrogen-bond acceptors (Lipinski definition) is 3. The molecule has 2 N–H and O–H groups in total. The highest BCUT2D eigenvalue weighted by atomic mass is 16.5. The summed E-state index contributed by atoms with van der Waals surface area (Å²) in [6.45, 7) is 1.58. The average Bonchev–Trinajstić information content (AvgIpc) is 2.95. The van der Waals surface area contributed by atoms with Crippen LogP contribution in [0.5, 0.6) is 0 Å². The average molecular weight is 241 g/mol. The monoisotopic (exact) mass is 241 g/mol. The maximum atomic E-state index is 11.6. The number of nitrogens with one attached hydrogen (secondary N) is 1. The van der Waals surface area contributed by atoms with Crippen molar-refractivity contribution in [3.05, 3.63) is 0 Å². The molecule has 2 fully saturated rings. The summed E-state index contributed by atoms with van der Waals surface area (Å²) in [5.41, 5.74) is 0. The minimum absolute atomic E-state index is 0.127. The van der Waals surface area contributed by atoms with Gasteiger partial charge in [0.05, 0.1) is 12.2 Å². The molecule has 2 aliphatic rings. The molecule has 98 valence electrons. The zero-order chi connectivity index (χ0) is 12.1. The lowest BCUT2D eigenvalue weighted by atomic mass is 10.1. The molecule has 1 amide bonds. The van der Waals surface area contributed by atoms with Gasteiger partial charge < -0.3 is 15.2 Å². The second-order valence-electron chi connectivity index (χ2n) is 5.31. The van der Waals surface area contributed by atoms with E-state index < -0.39 is 0 Å². The van der Waals surface area contributed by atoms with Gasteiger partial charge in [0, 0.05) is 19.6 Å². The summed E-state index contributed by atoms with van der Waals surface area (Å²) in [4.78, 5) is 11.6. The Balaban J connectivity index is 1.54. The highest BCUT2D eigenvalue weighted by Gasteiger charge is 2.23. The van der Waals surface area contributed by atoms with Crippen molar-refractivity contribution in [1.82, 2.24) is 5.32 Å². The van der Waals surface area contributed by atoms with Gasteiger partial charge in [-0.1, -0.05) is 0 Å². The van der Waals surface area contributed by atoms with E-state index in [9.17, 15) is 9.90 Å². The fraction of sp³-hybridized carbons (Fsp3) is 0.923. The Kier molecular flexibility index (Phi) is 4.80. The molecule has 1 aliphatic carbocycles. The fourth-order valence-electron chi connectivity index (χ4n) is 2.74. The smallest absolute Gasteiger partial charge is 0.220 e. The first kappa shape index (κ1) is 12.8. The predicted molar refractivity (Wildman–Crippen MR) is 64.6 cm³/mol. The van der Waals surface area contributed by atoms with E-state index in [-0.39, 0.29) is 12.0 Å². The molecule has 1 aliphatic heterocycles. The SMILES string of the molecule is O=C(CCC1CCCO1)NCC1CCC(O)C1. The lowest BCUT2D eigenvalue weighted by Crippen LogP contribution is -2.29. The maximum absolute atomic E-state index is 11.6. The van der Waals surface area contributed by atoms with Gasteiger partial charge in [0.15, 0.2) is 0 Å². The number of ether oxygens (including phenoxy) is 1. The molecule has 0 aromatic heterocycles. The van der Waals surface area contributed by atoms with Crippen LogP contribution in [0.25, 0.3) is 0 Å². The molecular formula is C13H23NO3. The number of amides is 1. The zero-order valence-electron chi connectivity index (χ0n) is 10.4. The van der Waals surface area contributed by atoms with Gasteiger partial charge >= 0.3 is 0 Å². The molecule has 0 bridgehead atoms. The van der Waals surface area contributed by atoms with Gasteiger partial charge in [-0.25, -0.2) is 0 Å². The number of aliphatic hydroxyl groups is 1. The van der Waals surface area contributed by atoms with Crippen molar-refractivity contribution < 1.29 is 14.6 Å². The predicted octanol–water partition coefficient (Wildman–Crippen LogP) is 1.22. The first-order valence-corrected chi connectivity index (χ1v) is 6.80. The van der Waals surface area contributed by atoms with E-state index >= 15 is 0 Å². The van der Waals surface area contributed by atoms with E-state index in [1.807, 2.05) is 0 Å². The van der Waals surface area contributed by atoms with Crippen LogP contribution >= 0.6 is 0 Å². The number of carbonyl (C=O) groups excluding carboxylic acids is 1. The summed E-state index contributed by atoms with van der Waals surface area (Å²) in [7, 11) is 0. The summed E-state index contributed by atoms with van der Waals surface area (Å²) in [6.07, 6.45) is 6.56. The molecule has 1 saturated heterocycles. The number of aliphatic hydroxyl groups excluding tert-OH is 1. The van der Waals surface area contributed by atoms with Crippen LogP contribution in [0.4, 0.5) is 0 Å². The Morgan fingerprint density at radius 3 is 2.88 bits per heavy atom. The second kappa shape index (κ2) is 6.36. The molecule has 0 radical (unpaired) electrons. The lowest BCUT2D eigenvalue weighted by Gasteiger charge is -2.12. The number of rotatable bonds is 5. The van der Waals surface area contributed by atoms with E-state index in [1.165, 1.54) is 0 Å². The summed E-state index contributed by atoms with van der Waals surface area (Å²) < 4.78 is 5.48. The molecule has 3 atom stereocenters. The third kappa shape index (κ3) is 4.28. The standard InChI is InChI=1S/C13H23NO3/c15-11-4-3-10(8-11)9-14-13(16)6-5-12-2-1-7-17-12/h10-12,15H,1-9H2,(H,14,16). The first-order valence-electron chi connectivity index (χ1n) is 6.80. The number of hydrogen-bond donors (Lipinski definition) is 2. The Morgan fingerprint density at radius 2 is 2.24 bits per heavy atom. The van der Waals surface area contributed by atoms with Crippen LogP contribution in [0.1, 0.15) is 44.9 Å². The zero-order valence-corrected chi connectivity index (χ0v) is 10.4. The van der Waals surface area contributed by atoms with Gasteiger partial charge in [-0.2, -0.15) is 0 Å². The molecule has 3 unspecified atom stereocenters. The largest absolute Gasteiger partial charge is 0.393 e. The molecule has 1 saturated carbocycles. The van der Waals surface area contributed by atoms with Gasteiger partial charge in [0.25, 0.3) is 0 Å². The molecule has 0 spiro atoms. The van der Waals surface area contributed by atoms with Crippen molar-refractivity contribution in [3.63, 3.8) is 0 Å². The molecule has 2 rings (SSSR count). The highest BCUT2D eigenvalue weighted by molar-refractivity contribution is 5.75. The maximum Gasteiger partial charge on any atom is 0.220 e. The molecule has 4 heteroatoms. The quantitative estimate of drug-likeness (QED) is 0.761. The molecule has 0 aromatic carbocycles. The summed E-state index contributed by atoms with van der Waals surface area (Å²) in [6, 6.07) is 0. The summed E-state index contributed by atoms with van der Waals surface area (Å²) >= 11 is 0. The van der Waals surface area contributed by atoms with Crippen molar-refractivity contribution in [2.24, 2.45) is 5.92 Å². The minimum Gasteiger partial charge on any atom is -0.393 e. The van der Waals surface area contributed by atoms with Crippen LogP contribution in [-0.2, 0) is 9.53 Å². The Bertz CT molecular complexity index is 251. The van der Waals surface area contributed by atoms with Crippen LogP contribution in [0, 0.1) is 5.92 Å².